The highest BCUT2D eigenvalue weighted by atomic mass is 35.5. The van der Waals surface area contributed by atoms with E-state index >= 15 is 0 Å². The van der Waals surface area contributed by atoms with Crippen LogP contribution in [0.3, 0.4) is 0 Å². The third-order valence-electron chi connectivity index (χ3n) is 3.17. The van der Waals surface area contributed by atoms with E-state index in [1.807, 2.05) is 12.1 Å². The molecule has 0 bridgehead atoms. The molecule has 0 radical (unpaired) electrons. The number of nitrogen functional groups attached to an aromatic ring is 1. The van der Waals surface area contributed by atoms with Gasteiger partial charge in [-0.3, -0.25) is 0 Å². The van der Waals surface area contributed by atoms with E-state index < -0.39 is 0 Å². The number of halogens is 1. The molecule has 0 saturated carbocycles. The number of nitrogens with two attached hydrogens (primary N) is 1. The molecule has 6 nitrogen and oxygen atoms in total. The first kappa shape index (κ1) is 12.4. The van der Waals surface area contributed by atoms with Crippen LogP contribution in [0.5, 0.6) is 0 Å². The SMILES string of the molecule is Nc1cc(Cl)cc(-c2nnnn2CC2CCOC2)c1. The van der Waals surface area contributed by atoms with Gasteiger partial charge in [0.05, 0.1) is 13.2 Å². The molecule has 100 valence electrons. The van der Waals surface area contributed by atoms with Crippen molar-refractivity contribution in [1.29, 1.82) is 0 Å². The summed E-state index contributed by atoms with van der Waals surface area (Å²) in [6.07, 6.45) is 1.04. The summed E-state index contributed by atoms with van der Waals surface area (Å²) >= 11 is 6.01. The van der Waals surface area contributed by atoms with Crippen molar-refractivity contribution in [2.75, 3.05) is 18.9 Å². The molecule has 1 aromatic heterocycles. The molecule has 7 heteroatoms. The van der Waals surface area contributed by atoms with Crippen LogP contribution in [0.2, 0.25) is 5.02 Å². The van der Waals surface area contributed by atoms with Gasteiger partial charge in [0.1, 0.15) is 0 Å². The Morgan fingerprint density at radius 1 is 1.42 bits per heavy atom. The molecule has 1 atom stereocenters. The van der Waals surface area contributed by atoms with Crippen LogP contribution < -0.4 is 5.73 Å². The maximum Gasteiger partial charge on any atom is 0.182 e. The fourth-order valence-electron chi connectivity index (χ4n) is 2.25. The topological polar surface area (TPSA) is 78.9 Å². The minimum Gasteiger partial charge on any atom is -0.399 e. The van der Waals surface area contributed by atoms with Crippen molar-refractivity contribution in [2.24, 2.45) is 5.92 Å². The van der Waals surface area contributed by atoms with E-state index in [4.69, 9.17) is 22.1 Å². The number of anilines is 1. The largest absolute Gasteiger partial charge is 0.399 e. The van der Waals surface area contributed by atoms with Gasteiger partial charge in [-0.2, -0.15) is 0 Å². The molecule has 2 aromatic rings. The van der Waals surface area contributed by atoms with Crippen molar-refractivity contribution in [3.05, 3.63) is 23.2 Å². The minimum absolute atomic E-state index is 0.457. The van der Waals surface area contributed by atoms with Crippen molar-refractivity contribution in [3.63, 3.8) is 0 Å². The molecule has 1 saturated heterocycles. The third kappa shape index (κ3) is 2.69. The van der Waals surface area contributed by atoms with E-state index in [2.05, 4.69) is 15.5 Å². The van der Waals surface area contributed by atoms with E-state index in [0.29, 0.717) is 22.5 Å². The molecule has 3 rings (SSSR count). The van der Waals surface area contributed by atoms with Crippen molar-refractivity contribution >= 4 is 17.3 Å². The lowest BCUT2D eigenvalue weighted by Gasteiger charge is -2.09. The van der Waals surface area contributed by atoms with Gasteiger partial charge in [0.2, 0.25) is 0 Å². The number of benzene rings is 1. The van der Waals surface area contributed by atoms with Gasteiger partial charge >= 0.3 is 0 Å². The zero-order valence-corrected chi connectivity index (χ0v) is 11.0. The predicted octanol–water partition coefficient (Wildman–Crippen LogP) is 1.61. The van der Waals surface area contributed by atoms with Crippen LogP contribution >= 0.6 is 11.6 Å². The molecule has 1 aliphatic rings. The molecule has 1 fully saturated rings. The monoisotopic (exact) mass is 279 g/mol. The molecular formula is C12H14ClN5O. The van der Waals surface area contributed by atoms with Crippen LogP contribution in [0.15, 0.2) is 18.2 Å². The van der Waals surface area contributed by atoms with Gasteiger partial charge in [0.15, 0.2) is 5.82 Å². The number of nitrogens with zero attached hydrogens (tertiary/aromatic N) is 4. The highest BCUT2D eigenvalue weighted by Crippen LogP contribution is 2.25. The van der Waals surface area contributed by atoms with Crippen LogP contribution in [0.4, 0.5) is 5.69 Å². The summed E-state index contributed by atoms with van der Waals surface area (Å²) in [6, 6.07) is 5.33. The second kappa shape index (κ2) is 5.14. The van der Waals surface area contributed by atoms with Gasteiger partial charge in [-0.15, -0.1) is 5.10 Å². The maximum absolute atomic E-state index is 6.01. The minimum atomic E-state index is 0.457. The highest BCUT2D eigenvalue weighted by Gasteiger charge is 2.19. The summed E-state index contributed by atoms with van der Waals surface area (Å²) in [6.45, 7) is 2.32. The number of hydrogen-bond acceptors (Lipinski definition) is 5. The summed E-state index contributed by atoms with van der Waals surface area (Å²) < 4.78 is 7.15. The van der Waals surface area contributed by atoms with E-state index in [0.717, 1.165) is 31.7 Å². The van der Waals surface area contributed by atoms with Gasteiger partial charge in [-0.25, -0.2) is 4.68 Å². The Morgan fingerprint density at radius 2 is 2.32 bits per heavy atom. The second-order valence-corrected chi connectivity index (χ2v) is 5.12. The van der Waals surface area contributed by atoms with Crippen molar-refractivity contribution in [2.45, 2.75) is 13.0 Å². The Hall–Kier alpha value is -1.66. The molecule has 0 spiro atoms. The highest BCUT2D eigenvalue weighted by molar-refractivity contribution is 6.31. The van der Waals surface area contributed by atoms with Gasteiger partial charge < -0.3 is 10.5 Å². The summed E-state index contributed by atoms with van der Waals surface area (Å²) in [5.74, 6) is 1.14. The van der Waals surface area contributed by atoms with E-state index in [9.17, 15) is 0 Å². The number of hydrogen-bond donors (Lipinski definition) is 1. The normalized spacial score (nSPS) is 18.9. The van der Waals surface area contributed by atoms with Gasteiger partial charge in [-0.1, -0.05) is 11.6 Å². The van der Waals surface area contributed by atoms with Crippen LogP contribution in [0.1, 0.15) is 6.42 Å². The molecular weight excluding hydrogens is 266 g/mol. The fourth-order valence-corrected chi connectivity index (χ4v) is 2.49. The zero-order valence-electron chi connectivity index (χ0n) is 10.3. The Labute approximate surface area is 115 Å². The lowest BCUT2D eigenvalue weighted by atomic mass is 10.1. The second-order valence-electron chi connectivity index (χ2n) is 4.69. The van der Waals surface area contributed by atoms with Crippen molar-refractivity contribution < 1.29 is 4.74 Å². The van der Waals surface area contributed by atoms with E-state index in [-0.39, 0.29) is 0 Å². The van der Waals surface area contributed by atoms with Crippen LogP contribution in [-0.4, -0.2) is 33.4 Å². The first-order chi connectivity index (χ1) is 9.22. The number of tetrazole rings is 1. The van der Waals surface area contributed by atoms with E-state index in [1.165, 1.54) is 0 Å². The Morgan fingerprint density at radius 3 is 3.05 bits per heavy atom. The smallest absolute Gasteiger partial charge is 0.182 e. The molecule has 2 heterocycles. The van der Waals surface area contributed by atoms with Crippen LogP contribution in [0, 0.1) is 5.92 Å². The zero-order chi connectivity index (χ0) is 13.2. The summed E-state index contributed by atoms with van der Waals surface area (Å²) in [5, 5.41) is 12.4. The molecule has 1 unspecified atom stereocenters. The molecule has 1 aliphatic heterocycles. The third-order valence-corrected chi connectivity index (χ3v) is 3.38. The Balaban J connectivity index is 1.90. The van der Waals surface area contributed by atoms with Gasteiger partial charge in [0.25, 0.3) is 0 Å². The van der Waals surface area contributed by atoms with Gasteiger partial charge in [0, 0.05) is 28.8 Å². The molecule has 19 heavy (non-hydrogen) atoms. The maximum atomic E-state index is 6.01. The molecule has 2 N–H and O–H groups in total. The number of rotatable bonds is 3. The molecule has 0 amide bonds. The van der Waals surface area contributed by atoms with Crippen molar-refractivity contribution in [1.82, 2.24) is 20.2 Å². The fraction of sp³-hybridized carbons (Fsp3) is 0.417. The van der Waals surface area contributed by atoms with Crippen LogP contribution in [0.25, 0.3) is 11.4 Å². The van der Waals surface area contributed by atoms with E-state index in [1.54, 1.807) is 10.7 Å². The number of ether oxygens (including phenoxy) is 1. The predicted molar refractivity (Wildman–Crippen MR) is 71.6 cm³/mol. The summed E-state index contributed by atoms with van der Waals surface area (Å²) in [7, 11) is 0. The summed E-state index contributed by atoms with van der Waals surface area (Å²) in [4.78, 5) is 0. The first-order valence-corrected chi connectivity index (χ1v) is 6.50. The average Bonchev–Trinajstić information content (AvgIpc) is 2.99. The van der Waals surface area contributed by atoms with Crippen molar-refractivity contribution in [3.8, 4) is 11.4 Å². The number of aromatic nitrogens is 4. The summed E-state index contributed by atoms with van der Waals surface area (Å²) in [5.41, 5.74) is 7.22. The molecule has 0 aliphatic carbocycles. The standard InChI is InChI=1S/C12H14ClN5O/c13-10-3-9(4-11(14)5-10)12-15-16-17-18(12)6-8-1-2-19-7-8/h3-5,8H,1-2,6-7,14H2. The lowest BCUT2D eigenvalue weighted by Crippen LogP contribution is -2.13. The average molecular weight is 280 g/mol. The quantitative estimate of drug-likeness (QED) is 0.864. The first-order valence-electron chi connectivity index (χ1n) is 6.13. The van der Waals surface area contributed by atoms with Gasteiger partial charge in [-0.05, 0) is 35.0 Å². The Kier molecular flexibility index (Phi) is 3.35. The lowest BCUT2D eigenvalue weighted by molar-refractivity contribution is 0.181. The van der Waals surface area contributed by atoms with Crippen LogP contribution in [-0.2, 0) is 11.3 Å². The molecule has 1 aromatic carbocycles. The Bertz CT molecular complexity index is 559.